The molecule has 0 radical (unpaired) electrons. The van der Waals surface area contributed by atoms with E-state index in [2.05, 4.69) is 13.8 Å². The topological polar surface area (TPSA) is 9.23 Å². The molecule has 0 saturated carbocycles. The highest BCUT2D eigenvalue weighted by molar-refractivity contribution is 4.52. The van der Waals surface area contributed by atoms with Gasteiger partial charge < -0.3 is 4.74 Å². The second-order valence-corrected chi connectivity index (χ2v) is 11.5. The summed E-state index contributed by atoms with van der Waals surface area (Å²) in [4.78, 5) is 0. The number of hydrogen-bond acceptors (Lipinski definition) is 1. The molecule has 0 unspecified atom stereocenters. The molecule has 0 aliphatic rings. The van der Waals surface area contributed by atoms with Crippen LogP contribution in [0, 0.1) is 0 Å². The molecule has 0 rings (SSSR count). The third kappa shape index (κ3) is 34.0. The largest absolute Gasteiger partial charge is 0.381 e. The molecule has 0 heterocycles. The Morgan fingerprint density at radius 2 is 0.400 bits per heavy atom. The summed E-state index contributed by atoms with van der Waals surface area (Å²) in [6.45, 7) is 6.58. The van der Waals surface area contributed by atoms with E-state index in [0.717, 1.165) is 13.2 Å². The summed E-state index contributed by atoms with van der Waals surface area (Å²) in [6.07, 6.45) is 43.1. The van der Waals surface area contributed by atoms with Gasteiger partial charge in [0.2, 0.25) is 0 Å². The number of hydrogen-bond donors (Lipinski definition) is 0. The van der Waals surface area contributed by atoms with E-state index in [-0.39, 0.29) is 0 Å². The molecule has 0 saturated heterocycles. The van der Waals surface area contributed by atoms with Crippen molar-refractivity contribution in [1.82, 2.24) is 0 Å². The summed E-state index contributed by atoms with van der Waals surface area (Å²) < 4.78 is 5.81. The van der Waals surface area contributed by atoms with Gasteiger partial charge in [-0.15, -0.1) is 0 Å². The zero-order chi connectivity index (χ0) is 25.3. The van der Waals surface area contributed by atoms with Crippen LogP contribution in [0.4, 0.5) is 0 Å². The highest BCUT2D eigenvalue weighted by Crippen LogP contribution is 2.15. The average molecular weight is 495 g/mol. The Balaban J connectivity index is 3.00. The minimum atomic E-state index is 0.993. The van der Waals surface area contributed by atoms with Gasteiger partial charge in [0.15, 0.2) is 0 Å². The molecule has 1 heteroatoms. The van der Waals surface area contributed by atoms with Crippen molar-refractivity contribution in [2.75, 3.05) is 13.2 Å². The van der Waals surface area contributed by atoms with E-state index in [9.17, 15) is 0 Å². The molecule has 0 aromatic heterocycles. The second kappa shape index (κ2) is 34.0. The van der Waals surface area contributed by atoms with Gasteiger partial charge in [-0.25, -0.2) is 0 Å². The number of rotatable bonds is 32. The molecule has 0 N–H and O–H groups in total. The highest BCUT2D eigenvalue weighted by atomic mass is 16.5. The van der Waals surface area contributed by atoms with E-state index < -0.39 is 0 Å². The van der Waals surface area contributed by atoms with E-state index in [0.29, 0.717) is 0 Å². The Kier molecular flexibility index (Phi) is 33.9. The molecule has 212 valence electrons. The Bertz CT molecular complexity index is 307. The molecule has 1 nitrogen and oxygen atoms in total. The van der Waals surface area contributed by atoms with Crippen LogP contribution >= 0.6 is 0 Å². The van der Waals surface area contributed by atoms with E-state index in [4.69, 9.17) is 4.74 Å². The Morgan fingerprint density at radius 3 is 0.600 bits per heavy atom. The predicted molar refractivity (Wildman–Crippen MR) is 161 cm³/mol. The number of unbranched alkanes of at least 4 members (excludes halogenated alkanes) is 28. The van der Waals surface area contributed by atoms with Crippen molar-refractivity contribution in [3.8, 4) is 0 Å². The first-order valence-electron chi connectivity index (χ1n) is 17.0. The van der Waals surface area contributed by atoms with Crippen molar-refractivity contribution in [2.45, 2.75) is 206 Å². The van der Waals surface area contributed by atoms with Gasteiger partial charge >= 0.3 is 0 Å². The zero-order valence-electron chi connectivity index (χ0n) is 25.0. The first-order valence-corrected chi connectivity index (χ1v) is 17.0. The summed E-state index contributed by atoms with van der Waals surface area (Å²) in [7, 11) is 0. The fourth-order valence-electron chi connectivity index (χ4n) is 5.25. The second-order valence-electron chi connectivity index (χ2n) is 11.5. The van der Waals surface area contributed by atoms with E-state index >= 15 is 0 Å². The fourth-order valence-corrected chi connectivity index (χ4v) is 5.25. The highest BCUT2D eigenvalue weighted by Gasteiger charge is 1.97. The minimum Gasteiger partial charge on any atom is -0.381 e. The molecule has 0 amide bonds. The van der Waals surface area contributed by atoms with E-state index in [1.807, 2.05) is 0 Å². The average Bonchev–Trinajstić information content (AvgIpc) is 2.87. The first kappa shape index (κ1) is 35.0. The van der Waals surface area contributed by atoms with Crippen LogP contribution in [0.3, 0.4) is 0 Å². The van der Waals surface area contributed by atoms with Gasteiger partial charge in [0.05, 0.1) is 0 Å². The molecule has 0 fully saturated rings. The van der Waals surface area contributed by atoms with Gasteiger partial charge in [-0.1, -0.05) is 194 Å². The Labute approximate surface area is 224 Å². The molecule has 0 aromatic rings. The van der Waals surface area contributed by atoms with Gasteiger partial charge in [-0.05, 0) is 12.8 Å². The van der Waals surface area contributed by atoms with Crippen molar-refractivity contribution < 1.29 is 4.74 Å². The molecule has 0 spiro atoms. The molecule has 0 atom stereocenters. The molecular formula is C34H70O. The van der Waals surface area contributed by atoms with Crippen LogP contribution in [0.1, 0.15) is 206 Å². The van der Waals surface area contributed by atoms with Crippen LogP contribution < -0.4 is 0 Å². The van der Waals surface area contributed by atoms with Gasteiger partial charge in [0.1, 0.15) is 0 Å². The predicted octanol–water partition coefficient (Wildman–Crippen LogP) is 12.7. The van der Waals surface area contributed by atoms with E-state index in [1.54, 1.807) is 0 Å². The maximum absolute atomic E-state index is 5.81. The normalized spacial score (nSPS) is 11.5. The van der Waals surface area contributed by atoms with Crippen LogP contribution in [0.25, 0.3) is 0 Å². The van der Waals surface area contributed by atoms with Crippen molar-refractivity contribution >= 4 is 0 Å². The van der Waals surface area contributed by atoms with Crippen LogP contribution in [-0.4, -0.2) is 13.2 Å². The van der Waals surface area contributed by atoms with Crippen molar-refractivity contribution in [3.63, 3.8) is 0 Å². The third-order valence-electron chi connectivity index (χ3n) is 7.78. The molecule has 0 aromatic carbocycles. The summed E-state index contributed by atoms with van der Waals surface area (Å²) in [5.41, 5.74) is 0. The molecule has 0 bridgehead atoms. The van der Waals surface area contributed by atoms with Crippen LogP contribution in [-0.2, 0) is 4.74 Å². The lowest BCUT2D eigenvalue weighted by Gasteiger charge is -2.05. The smallest absolute Gasteiger partial charge is 0.0466 e. The SMILES string of the molecule is CCCCCCCCCCCCCCCCCCCCCCCCCOCCCCCCCCC. The molecule has 0 aliphatic carbocycles. The van der Waals surface area contributed by atoms with Crippen molar-refractivity contribution in [3.05, 3.63) is 0 Å². The summed E-state index contributed by atoms with van der Waals surface area (Å²) >= 11 is 0. The van der Waals surface area contributed by atoms with Gasteiger partial charge in [0, 0.05) is 13.2 Å². The van der Waals surface area contributed by atoms with Crippen molar-refractivity contribution in [1.29, 1.82) is 0 Å². The number of ether oxygens (including phenoxy) is 1. The van der Waals surface area contributed by atoms with Gasteiger partial charge in [-0.3, -0.25) is 0 Å². The minimum absolute atomic E-state index is 0.993. The monoisotopic (exact) mass is 495 g/mol. The maximum atomic E-state index is 5.81. The first-order chi connectivity index (χ1) is 17.4. The van der Waals surface area contributed by atoms with E-state index in [1.165, 1.54) is 193 Å². The van der Waals surface area contributed by atoms with Crippen LogP contribution in [0.15, 0.2) is 0 Å². The maximum Gasteiger partial charge on any atom is 0.0466 e. The molecule has 35 heavy (non-hydrogen) atoms. The van der Waals surface area contributed by atoms with Crippen LogP contribution in [0.2, 0.25) is 0 Å². The third-order valence-corrected chi connectivity index (χ3v) is 7.78. The Morgan fingerprint density at radius 1 is 0.229 bits per heavy atom. The summed E-state index contributed by atoms with van der Waals surface area (Å²) in [6, 6.07) is 0. The van der Waals surface area contributed by atoms with Crippen molar-refractivity contribution in [2.24, 2.45) is 0 Å². The fraction of sp³-hybridized carbons (Fsp3) is 1.00. The summed E-state index contributed by atoms with van der Waals surface area (Å²) in [5, 5.41) is 0. The standard InChI is InChI=1S/C34H70O/c1-3-5-7-9-11-12-13-14-15-16-17-18-19-20-21-22-23-24-25-26-28-30-32-34-35-33-31-29-27-10-8-6-4-2/h3-34H2,1-2H3. The zero-order valence-corrected chi connectivity index (χ0v) is 25.0. The lowest BCUT2D eigenvalue weighted by atomic mass is 10.0. The lowest BCUT2D eigenvalue weighted by molar-refractivity contribution is 0.125. The van der Waals surface area contributed by atoms with Crippen LogP contribution in [0.5, 0.6) is 0 Å². The molecular weight excluding hydrogens is 424 g/mol. The molecule has 0 aliphatic heterocycles. The van der Waals surface area contributed by atoms with Gasteiger partial charge in [-0.2, -0.15) is 0 Å². The van der Waals surface area contributed by atoms with Gasteiger partial charge in [0.25, 0.3) is 0 Å². The summed E-state index contributed by atoms with van der Waals surface area (Å²) in [5.74, 6) is 0. The quantitative estimate of drug-likeness (QED) is 0.0844. The lowest BCUT2D eigenvalue weighted by Crippen LogP contribution is -1.97. The Hall–Kier alpha value is -0.0400.